The number of amides is 1. The average molecular weight is 416 g/mol. The monoisotopic (exact) mass is 414 g/mol. The Hall–Kier alpha value is -1.34. The van der Waals surface area contributed by atoms with E-state index < -0.39 is 5.60 Å². The van der Waals surface area contributed by atoms with Crippen LogP contribution in [-0.2, 0) is 11.2 Å². The molecule has 2 aromatic rings. The molecule has 0 radical (unpaired) electrons. The maximum atomic E-state index is 12.4. The molecule has 24 heavy (non-hydrogen) atoms. The number of fused-ring (bicyclic) bond motifs is 1. The third-order valence-electron chi connectivity index (χ3n) is 3.96. The van der Waals surface area contributed by atoms with Crippen molar-refractivity contribution in [3.05, 3.63) is 28.0 Å². The highest BCUT2D eigenvalue weighted by atomic mass is 79.9. The average Bonchev–Trinajstić information content (AvgIpc) is 3.04. The third-order valence-corrected chi connectivity index (χ3v) is 4.79. The van der Waals surface area contributed by atoms with Crippen molar-refractivity contribution in [1.29, 1.82) is 0 Å². The van der Waals surface area contributed by atoms with Gasteiger partial charge in [-0.3, -0.25) is 4.40 Å². The van der Waals surface area contributed by atoms with Gasteiger partial charge in [0.25, 0.3) is 0 Å². The number of nitrogens with zero attached hydrogens (tertiary/aromatic N) is 4. The van der Waals surface area contributed by atoms with Gasteiger partial charge in [-0.05, 0) is 49.5 Å². The Morgan fingerprint density at radius 3 is 2.96 bits per heavy atom. The first-order valence-electron chi connectivity index (χ1n) is 7.93. The molecular weight excluding hydrogens is 396 g/mol. The first kappa shape index (κ1) is 17.5. The van der Waals surface area contributed by atoms with Gasteiger partial charge in [-0.2, -0.15) is 0 Å². The van der Waals surface area contributed by atoms with E-state index >= 15 is 0 Å². The first-order valence-corrected chi connectivity index (χ1v) is 9.10. The number of rotatable bonds is 2. The van der Waals surface area contributed by atoms with Crippen molar-refractivity contribution in [1.82, 2.24) is 19.3 Å². The molecule has 0 aliphatic carbocycles. The Bertz CT molecular complexity index is 771. The van der Waals surface area contributed by atoms with Gasteiger partial charge in [-0.1, -0.05) is 11.6 Å². The molecule has 2 aromatic heterocycles. The molecule has 1 fully saturated rings. The minimum Gasteiger partial charge on any atom is -0.444 e. The van der Waals surface area contributed by atoms with Gasteiger partial charge in [-0.25, -0.2) is 14.8 Å². The second-order valence-corrected chi connectivity index (χ2v) is 8.04. The lowest BCUT2D eigenvalue weighted by Gasteiger charge is -2.28. The summed E-state index contributed by atoms with van der Waals surface area (Å²) in [5.41, 5.74) is 0.253. The fraction of sp³-hybridized carbons (Fsp3) is 0.562. The van der Waals surface area contributed by atoms with Crippen LogP contribution in [0.4, 0.5) is 4.79 Å². The second-order valence-electron chi connectivity index (χ2n) is 6.93. The Morgan fingerprint density at radius 1 is 1.50 bits per heavy atom. The maximum absolute atomic E-state index is 12.4. The van der Waals surface area contributed by atoms with Crippen LogP contribution >= 0.6 is 27.5 Å². The minimum absolute atomic E-state index is 0.0734. The summed E-state index contributed by atoms with van der Waals surface area (Å²) in [4.78, 5) is 22.9. The van der Waals surface area contributed by atoms with E-state index in [1.54, 1.807) is 6.20 Å². The molecule has 6 nitrogen and oxygen atoms in total. The lowest BCUT2D eigenvalue weighted by molar-refractivity contribution is 0.0225. The van der Waals surface area contributed by atoms with E-state index in [9.17, 15) is 4.79 Å². The van der Waals surface area contributed by atoms with Crippen LogP contribution in [0, 0.1) is 0 Å². The van der Waals surface area contributed by atoms with Crippen LogP contribution in [0.1, 0.15) is 39.4 Å². The van der Waals surface area contributed by atoms with E-state index in [1.165, 1.54) is 0 Å². The van der Waals surface area contributed by atoms with Crippen molar-refractivity contribution in [3.63, 3.8) is 0 Å². The summed E-state index contributed by atoms with van der Waals surface area (Å²) in [5.74, 6) is 0.849. The number of hydrogen-bond donors (Lipinski definition) is 0. The van der Waals surface area contributed by atoms with E-state index in [1.807, 2.05) is 36.3 Å². The molecule has 0 bridgehead atoms. The van der Waals surface area contributed by atoms with E-state index in [4.69, 9.17) is 16.3 Å². The summed E-state index contributed by atoms with van der Waals surface area (Å²) in [6, 6.07) is 0.0734. The molecule has 1 aliphatic rings. The normalized spacial score (nSPS) is 18.4. The van der Waals surface area contributed by atoms with Gasteiger partial charge in [0.05, 0.1) is 0 Å². The summed E-state index contributed by atoms with van der Waals surface area (Å²) < 4.78 is 8.11. The Morgan fingerprint density at radius 2 is 2.25 bits per heavy atom. The molecular formula is C16H20BrClN4O2. The molecule has 0 spiro atoms. The lowest BCUT2D eigenvalue weighted by atomic mass is 10.1. The SMILES string of the molecule is CC(C)(C)OC(=O)N1CCCC1Cc1nc(Br)c2c(Cl)nccn12. The zero-order chi connectivity index (χ0) is 17.5. The van der Waals surface area contributed by atoms with Crippen molar-refractivity contribution in [3.8, 4) is 0 Å². The van der Waals surface area contributed by atoms with Crippen molar-refractivity contribution in [2.75, 3.05) is 6.54 Å². The van der Waals surface area contributed by atoms with Gasteiger partial charge in [0.1, 0.15) is 21.5 Å². The molecule has 0 aromatic carbocycles. The summed E-state index contributed by atoms with van der Waals surface area (Å²) in [7, 11) is 0. The van der Waals surface area contributed by atoms with Crippen molar-refractivity contribution < 1.29 is 9.53 Å². The van der Waals surface area contributed by atoms with E-state index in [2.05, 4.69) is 25.9 Å². The van der Waals surface area contributed by atoms with Crippen LogP contribution < -0.4 is 0 Å². The molecule has 3 heterocycles. The molecule has 1 atom stereocenters. The molecule has 130 valence electrons. The standard InChI is InChI=1S/C16H20BrClN4O2/c1-16(2,3)24-15(23)21-7-4-5-10(21)9-11-20-13(17)12-14(18)19-6-8-22(11)12/h6,8,10H,4-5,7,9H2,1-3H3. The fourth-order valence-corrected chi connectivity index (χ4v) is 3.92. The molecule has 1 saturated heterocycles. The molecule has 1 unspecified atom stereocenters. The van der Waals surface area contributed by atoms with Crippen LogP contribution in [0.15, 0.2) is 17.0 Å². The molecule has 1 aliphatic heterocycles. The minimum atomic E-state index is -0.494. The number of imidazole rings is 1. The van der Waals surface area contributed by atoms with Crippen molar-refractivity contribution in [2.45, 2.75) is 51.7 Å². The quantitative estimate of drug-likeness (QED) is 0.741. The van der Waals surface area contributed by atoms with Gasteiger partial charge in [-0.15, -0.1) is 0 Å². The Labute approximate surface area is 154 Å². The van der Waals surface area contributed by atoms with Crippen LogP contribution in [0.3, 0.4) is 0 Å². The van der Waals surface area contributed by atoms with E-state index in [-0.39, 0.29) is 12.1 Å². The Kier molecular flexibility index (Phi) is 4.75. The summed E-state index contributed by atoms with van der Waals surface area (Å²) in [5, 5.41) is 0.401. The topological polar surface area (TPSA) is 59.7 Å². The number of aromatic nitrogens is 3. The fourth-order valence-electron chi connectivity index (χ4n) is 2.98. The van der Waals surface area contributed by atoms with E-state index in [0.717, 1.165) is 24.2 Å². The maximum Gasteiger partial charge on any atom is 0.410 e. The number of halogens is 2. The highest BCUT2D eigenvalue weighted by molar-refractivity contribution is 9.10. The predicted molar refractivity (Wildman–Crippen MR) is 95.4 cm³/mol. The van der Waals surface area contributed by atoms with Crippen molar-refractivity contribution in [2.24, 2.45) is 0 Å². The number of carbonyl (C=O) groups is 1. The number of carbonyl (C=O) groups excluding carboxylic acids is 1. The summed E-state index contributed by atoms with van der Waals surface area (Å²) in [6.45, 7) is 6.35. The Balaban J connectivity index is 1.83. The van der Waals surface area contributed by atoms with Crippen molar-refractivity contribution >= 4 is 39.1 Å². The smallest absolute Gasteiger partial charge is 0.410 e. The van der Waals surface area contributed by atoms with Crippen LogP contribution in [0.2, 0.25) is 5.15 Å². The third kappa shape index (κ3) is 3.52. The molecule has 3 rings (SSSR count). The first-order chi connectivity index (χ1) is 11.3. The molecule has 1 amide bonds. The zero-order valence-electron chi connectivity index (χ0n) is 13.9. The van der Waals surface area contributed by atoms with Gasteiger partial charge < -0.3 is 9.64 Å². The number of likely N-dealkylation sites (tertiary alicyclic amines) is 1. The summed E-state index contributed by atoms with van der Waals surface area (Å²) >= 11 is 9.60. The van der Waals surface area contributed by atoms with Gasteiger partial charge in [0.2, 0.25) is 0 Å². The molecule has 0 N–H and O–H groups in total. The highest BCUT2D eigenvalue weighted by Crippen LogP contribution is 2.28. The van der Waals surface area contributed by atoms with Crippen LogP contribution in [0.5, 0.6) is 0 Å². The zero-order valence-corrected chi connectivity index (χ0v) is 16.3. The van der Waals surface area contributed by atoms with E-state index in [0.29, 0.717) is 22.7 Å². The van der Waals surface area contributed by atoms with Gasteiger partial charge in [0, 0.05) is 31.4 Å². The van der Waals surface area contributed by atoms with Gasteiger partial charge in [0.15, 0.2) is 5.15 Å². The predicted octanol–water partition coefficient (Wildman–Crippen LogP) is 4.09. The van der Waals surface area contributed by atoms with Crippen LogP contribution in [0.25, 0.3) is 5.52 Å². The number of hydrogen-bond acceptors (Lipinski definition) is 4. The lowest BCUT2D eigenvalue weighted by Crippen LogP contribution is -2.40. The molecule has 0 saturated carbocycles. The highest BCUT2D eigenvalue weighted by Gasteiger charge is 2.33. The summed E-state index contributed by atoms with van der Waals surface area (Å²) in [6.07, 6.45) is 5.77. The van der Waals surface area contributed by atoms with Crippen LogP contribution in [-0.4, -0.2) is 43.5 Å². The largest absolute Gasteiger partial charge is 0.444 e. The molecule has 8 heteroatoms. The van der Waals surface area contributed by atoms with Gasteiger partial charge >= 0.3 is 6.09 Å². The number of ether oxygens (including phenoxy) is 1. The second kappa shape index (κ2) is 6.52.